The van der Waals surface area contributed by atoms with Crippen molar-refractivity contribution in [3.63, 3.8) is 0 Å². The topological polar surface area (TPSA) is 26.3 Å². The van der Waals surface area contributed by atoms with Crippen LogP contribution in [0.15, 0.2) is 29.8 Å². The molecule has 0 atom stereocenters. The average molecular weight is 255 g/mol. The molecule has 0 saturated heterocycles. The zero-order chi connectivity index (χ0) is 10.6. The number of carbonyl (C=O) groups excluding carboxylic acids is 1. The van der Waals surface area contributed by atoms with Gasteiger partial charge in [-0.15, -0.1) is 0 Å². The van der Waals surface area contributed by atoms with Crippen LogP contribution >= 0.6 is 15.9 Å². The third kappa shape index (κ3) is 2.45. The highest BCUT2D eigenvalue weighted by Gasteiger charge is 2.01. The van der Waals surface area contributed by atoms with E-state index in [-0.39, 0.29) is 0 Å². The summed E-state index contributed by atoms with van der Waals surface area (Å²) < 4.78 is 5.85. The molecule has 0 bridgehead atoms. The largest absolute Gasteiger partial charge is 0.497 e. The molecule has 3 heteroatoms. The summed E-state index contributed by atoms with van der Waals surface area (Å²) in [5.74, 6) is 0.804. The van der Waals surface area contributed by atoms with Crippen LogP contribution in [0, 0.1) is 0 Å². The molecule has 0 aromatic heterocycles. The molecule has 0 unspecified atom stereocenters. The number of aldehydes is 1. The van der Waals surface area contributed by atoms with Crippen LogP contribution in [0.1, 0.15) is 12.5 Å². The van der Waals surface area contributed by atoms with Gasteiger partial charge >= 0.3 is 0 Å². The first kappa shape index (κ1) is 11.0. The summed E-state index contributed by atoms with van der Waals surface area (Å²) in [6.45, 7) is 1.77. The van der Waals surface area contributed by atoms with E-state index in [0.717, 1.165) is 22.1 Å². The quantitative estimate of drug-likeness (QED) is 0.613. The van der Waals surface area contributed by atoms with Gasteiger partial charge in [-0.3, -0.25) is 4.79 Å². The second-order valence-corrected chi connectivity index (χ2v) is 3.64. The van der Waals surface area contributed by atoms with Gasteiger partial charge in [0.15, 0.2) is 0 Å². The number of carbonyl (C=O) groups is 1. The van der Waals surface area contributed by atoms with Crippen LogP contribution in [0.2, 0.25) is 0 Å². The number of allylic oxidation sites excluding steroid dienone is 1. The van der Waals surface area contributed by atoms with Crippen molar-refractivity contribution in [1.29, 1.82) is 0 Å². The minimum atomic E-state index is 0.676. The maximum atomic E-state index is 10.5. The van der Waals surface area contributed by atoms with Crippen molar-refractivity contribution < 1.29 is 9.53 Å². The summed E-state index contributed by atoms with van der Waals surface area (Å²) in [4.78, 5) is 10.5. The molecule has 1 rings (SSSR count). The van der Waals surface area contributed by atoms with E-state index in [2.05, 4.69) is 15.9 Å². The molecule has 1 aromatic rings. The number of hydrogen-bond acceptors (Lipinski definition) is 2. The van der Waals surface area contributed by atoms with Gasteiger partial charge in [0.1, 0.15) is 12.0 Å². The van der Waals surface area contributed by atoms with Gasteiger partial charge < -0.3 is 4.74 Å². The Labute approximate surface area is 91.7 Å². The molecule has 14 heavy (non-hydrogen) atoms. The third-order valence-corrected chi connectivity index (χ3v) is 2.95. The molecule has 0 saturated carbocycles. The van der Waals surface area contributed by atoms with E-state index in [4.69, 9.17) is 4.74 Å². The van der Waals surface area contributed by atoms with Crippen molar-refractivity contribution in [2.24, 2.45) is 0 Å². The zero-order valence-corrected chi connectivity index (χ0v) is 9.67. The average Bonchev–Trinajstić information content (AvgIpc) is 2.27. The zero-order valence-electron chi connectivity index (χ0n) is 8.08. The molecule has 0 aliphatic carbocycles. The van der Waals surface area contributed by atoms with E-state index in [1.165, 1.54) is 0 Å². The van der Waals surface area contributed by atoms with Crippen LogP contribution in [-0.2, 0) is 4.79 Å². The molecular weight excluding hydrogens is 244 g/mol. The van der Waals surface area contributed by atoms with Crippen LogP contribution in [0.4, 0.5) is 0 Å². The minimum Gasteiger partial charge on any atom is -0.497 e. The van der Waals surface area contributed by atoms with Crippen LogP contribution in [0.3, 0.4) is 0 Å². The Bertz CT molecular complexity index is 352. The fraction of sp³-hybridized carbons (Fsp3) is 0.182. The predicted octanol–water partition coefficient (Wildman–Crippen LogP) is 3.02. The molecule has 0 amide bonds. The van der Waals surface area contributed by atoms with Gasteiger partial charge in [-0.2, -0.15) is 0 Å². The molecular formula is C11H11BrO2. The fourth-order valence-electron chi connectivity index (χ4n) is 1.02. The minimum absolute atomic E-state index is 0.676. The lowest BCUT2D eigenvalue weighted by molar-refractivity contribution is -0.104. The monoisotopic (exact) mass is 254 g/mol. The maximum Gasteiger partial charge on any atom is 0.146 e. The summed E-state index contributed by atoms with van der Waals surface area (Å²) in [7, 11) is 1.62. The molecule has 0 heterocycles. The first-order valence-electron chi connectivity index (χ1n) is 4.15. The standard InChI is InChI=1S/C11H11BrO2/c1-8(7-13)11(12)9-3-5-10(14-2)6-4-9/h3-7H,1-2H3. The lowest BCUT2D eigenvalue weighted by atomic mass is 10.1. The predicted molar refractivity (Wildman–Crippen MR) is 60.6 cm³/mol. The summed E-state index contributed by atoms with van der Waals surface area (Å²) in [5.41, 5.74) is 1.64. The molecule has 0 radical (unpaired) electrons. The van der Waals surface area contributed by atoms with Gasteiger partial charge in [-0.25, -0.2) is 0 Å². The maximum absolute atomic E-state index is 10.5. The Morgan fingerprint density at radius 3 is 2.36 bits per heavy atom. The fourth-order valence-corrected chi connectivity index (χ4v) is 1.37. The SMILES string of the molecule is COc1ccc(C(Br)=C(C)C=O)cc1. The van der Waals surface area contributed by atoms with Gasteiger partial charge in [0.05, 0.1) is 7.11 Å². The molecule has 1 aromatic carbocycles. The highest BCUT2D eigenvalue weighted by Crippen LogP contribution is 2.25. The first-order valence-corrected chi connectivity index (χ1v) is 4.94. The number of hydrogen-bond donors (Lipinski definition) is 0. The Morgan fingerprint density at radius 1 is 1.36 bits per heavy atom. The third-order valence-electron chi connectivity index (χ3n) is 1.87. The molecule has 0 aliphatic rings. The van der Waals surface area contributed by atoms with Gasteiger partial charge in [0.2, 0.25) is 0 Å². The van der Waals surface area contributed by atoms with E-state index in [1.807, 2.05) is 24.3 Å². The van der Waals surface area contributed by atoms with Crippen molar-refractivity contribution in [2.75, 3.05) is 7.11 Å². The number of benzene rings is 1. The molecule has 0 N–H and O–H groups in total. The highest BCUT2D eigenvalue weighted by molar-refractivity contribution is 9.15. The summed E-state index contributed by atoms with van der Waals surface area (Å²) in [5, 5.41) is 0. The first-order chi connectivity index (χ1) is 6.69. The Kier molecular flexibility index (Phi) is 3.89. The Morgan fingerprint density at radius 2 is 1.93 bits per heavy atom. The Balaban J connectivity index is 3.03. The second-order valence-electron chi connectivity index (χ2n) is 2.84. The van der Waals surface area contributed by atoms with Gasteiger partial charge in [0, 0.05) is 10.1 Å². The van der Waals surface area contributed by atoms with E-state index >= 15 is 0 Å². The summed E-state index contributed by atoms with van der Waals surface area (Å²) in [6.07, 6.45) is 0.828. The van der Waals surface area contributed by atoms with E-state index in [9.17, 15) is 4.79 Å². The van der Waals surface area contributed by atoms with Crippen molar-refractivity contribution in [2.45, 2.75) is 6.92 Å². The van der Waals surface area contributed by atoms with Gasteiger partial charge in [-0.1, -0.05) is 12.1 Å². The highest BCUT2D eigenvalue weighted by atomic mass is 79.9. The van der Waals surface area contributed by atoms with Gasteiger partial charge in [0.25, 0.3) is 0 Å². The smallest absolute Gasteiger partial charge is 0.146 e. The van der Waals surface area contributed by atoms with Crippen molar-refractivity contribution in [3.05, 3.63) is 35.4 Å². The molecule has 0 spiro atoms. The normalized spacial score (nSPS) is 11.9. The molecule has 74 valence electrons. The van der Waals surface area contributed by atoms with Crippen molar-refractivity contribution >= 4 is 26.7 Å². The van der Waals surface area contributed by atoms with E-state index < -0.39 is 0 Å². The summed E-state index contributed by atoms with van der Waals surface area (Å²) in [6, 6.07) is 7.51. The van der Waals surface area contributed by atoms with E-state index in [1.54, 1.807) is 14.0 Å². The number of rotatable bonds is 3. The Hall–Kier alpha value is -1.09. The van der Waals surface area contributed by atoms with E-state index in [0.29, 0.717) is 5.57 Å². The number of ether oxygens (including phenoxy) is 1. The van der Waals surface area contributed by atoms with Crippen molar-refractivity contribution in [3.8, 4) is 5.75 Å². The molecule has 0 aliphatic heterocycles. The molecule has 0 fully saturated rings. The number of halogens is 1. The lowest BCUT2D eigenvalue weighted by Gasteiger charge is -2.03. The second kappa shape index (κ2) is 4.96. The van der Waals surface area contributed by atoms with Gasteiger partial charge in [-0.05, 0) is 40.5 Å². The molecule has 2 nitrogen and oxygen atoms in total. The van der Waals surface area contributed by atoms with Crippen LogP contribution in [0.25, 0.3) is 4.48 Å². The van der Waals surface area contributed by atoms with Crippen LogP contribution in [0.5, 0.6) is 5.75 Å². The van der Waals surface area contributed by atoms with Crippen molar-refractivity contribution in [1.82, 2.24) is 0 Å². The lowest BCUT2D eigenvalue weighted by Crippen LogP contribution is -1.85. The van der Waals surface area contributed by atoms with Crippen LogP contribution < -0.4 is 4.74 Å². The summed E-state index contributed by atoms with van der Waals surface area (Å²) >= 11 is 3.37. The van der Waals surface area contributed by atoms with Crippen LogP contribution in [-0.4, -0.2) is 13.4 Å². The number of methoxy groups -OCH3 is 1.